The van der Waals surface area contributed by atoms with E-state index in [1.54, 1.807) is 36.4 Å². The van der Waals surface area contributed by atoms with Gasteiger partial charge in [-0.25, -0.2) is 4.79 Å². The van der Waals surface area contributed by atoms with E-state index in [1.165, 1.54) is 32.4 Å². The van der Waals surface area contributed by atoms with E-state index in [9.17, 15) is 14.7 Å². The predicted molar refractivity (Wildman–Crippen MR) is 126 cm³/mol. The van der Waals surface area contributed by atoms with Crippen molar-refractivity contribution in [1.29, 1.82) is 0 Å². The van der Waals surface area contributed by atoms with Gasteiger partial charge in [0.25, 0.3) is 5.91 Å². The SMILES string of the molecule is O=C(Nc1ccc(N2CCCC(CN3CCCC3)C2)c(C(=O)O)c1)c1ccc(Br)cc1. The average Bonchev–Trinajstić information content (AvgIpc) is 3.27. The first-order valence-electron chi connectivity index (χ1n) is 10.9. The largest absolute Gasteiger partial charge is 0.478 e. The van der Waals surface area contributed by atoms with Crippen LogP contribution in [0.1, 0.15) is 46.4 Å². The van der Waals surface area contributed by atoms with Crippen molar-refractivity contribution in [2.45, 2.75) is 25.7 Å². The van der Waals surface area contributed by atoms with E-state index in [0.717, 1.165) is 36.2 Å². The number of carbonyl (C=O) groups excluding carboxylic acids is 1. The third-order valence-corrected chi connectivity index (χ3v) is 6.69. The number of halogens is 1. The molecule has 0 bridgehead atoms. The Balaban J connectivity index is 1.48. The second kappa shape index (κ2) is 9.83. The molecule has 2 heterocycles. The molecule has 31 heavy (non-hydrogen) atoms. The maximum atomic E-state index is 12.5. The van der Waals surface area contributed by atoms with Crippen LogP contribution in [0.25, 0.3) is 0 Å². The minimum Gasteiger partial charge on any atom is -0.478 e. The molecule has 7 heteroatoms. The fourth-order valence-electron chi connectivity index (χ4n) is 4.63. The molecule has 6 nitrogen and oxygen atoms in total. The number of piperidine rings is 1. The van der Waals surface area contributed by atoms with Gasteiger partial charge in [0.15, 0.2) is 0 Å². The van der Waals surface area contributed by atoms with Crippen molar-refractivity contribution in [1.82, 2.24) is 4.90 Å². The Morgan fingerprint density at radius 3 is 2.48 bits per heavy atom. The summed E-state index contributed by atoms with van der Waals surface area (Å²) in [5, 5.41) is 12.7. The summed E-state index contributed by atoms with van der Waals surface area (Å²) < 4.78 is 0.895. The van der Waals surface area contributed by atoms with Gasteiger partial charge in [-0.15, -0.1) is 0 Å². The maximum Gasteiger partial charge on any atom is 0.337 e. The summed E-state index contributed by atoms with van der Waals surface area (Å²) >= 11 is 3.36. The number of nitrogens with zero attached hydrogens (tertiary/aromatic N) is 2. The monoisotopic (exact) mass is 485 g/mol. The van der Waals surface area contributed by atoms with Crippen molar-refractivity contribution in [3.8, 4) is 0 Å². The summed E-state index contributed by atoms with van der Waals surface area (Å²) in [6, 6.07) is 12.2. The molecule has 1 unspecified atom stereocenters. The van der Waals surface area contributed by atoms with Crippen LogP contribution in [0.4, 0.5) is 11.4 Å². The lowest BCUT2D eigenvalue weighted by Crippen LogP contribution is -2.41. The van der Waals surface area contributed by atoms with Gasteiger partial charge in [-0.3, -0.25) is 4.79 Å². The lowest BCUT2D eigenvalue weighted by molar-refractivity contribution is 0.0697. The van der Waals surface area contributed by atoms with Crippen LogP contribution >= 0.6 is 15.9 Å². The molecule has 0 aromatic heterocycles. The number of carbonyl (C=O) groups is 2. The highest BCUT2D eigenvalue weighted by molar-refractivity contribution is 9.10. The summed E-state index contributed by atoms with van der Waals surface area (Å²) in [5.41, 5.74) is 1.97. The average molecular weight is 486 g/mol. The van der Waals surface area contributed by atoms with Gasteiger partial charge in [0.1, 0.15) is 0 Å². The van der Waals surface area contributed by atoms with E-state index in [0.29, 0.717) is 17.2 Å². The molecule has 2 aromatic carbocycles. The fourth-order valence-corrected chi connectivity index (χ4v) is 4.89. The van der Waals surface area contributed by atoms with Crippen molar-refractivity contribution in [2.75, 3.05) is 42.9 Å². The third-order valence-electron chi connectivity index (χ3n) is 6.17. The number of anilines is 2. The second-order valence-electron chi connectivity index (χ2n) is 8.46. The third kappa shape index (κ3) is 5.46. The van der Waals surface area contributed by atoms with E-state index in [-0.39, 0.29) is 11.5 Å². The van der Waals surface area contributed by atoms with E-state index < -0.39 is 5.97 Å². The minimum atomic E-state index is -0.976. The summed E-state index contributed by atoms with van der Waals surface area (Å²) in [6.45, 7) is 5.20. The normalized spacial score (nSPS) is 19.4. The number of hydrogen-bond donors (Lipinski definition) is 2. The van der Waals surface area contributed by atoms with Gasteiger partial charge in [0, 0.05) is 35.4 Å². The molecule has 0 aliphatic carbocycles. The predicted octanol–water partition coefficient (Wildman–Crippen LogP) is 4.71. The first-order chi connectivity index (χ1) is 15.0. The van der Waals surface area contributed by atoms with Gasteiger partial charge < -0.3 is 20.2 Å². The Hall–Kier alpha value is -2.38. The van der Waals surface area contributed by atoms with Gasteiger partial charge in [-0.2, -0.15) is 0 Å². The van der Waals surface area contributed by atoms with Gasteiger partial charge in [-0.05, 0) is 87.2 Å². The van der Waals surface area contributed by atoms with Crippen LogP contribution in [0.15, 0.2) is 46.9 Å². The molecule has 1 atom stereocenters. The molecule has 0 saturated carbocycles. The smallest absolute Gasteiger partial charge is 0.337 e. The number of carboxylic acids is 1. The molecule has 2 aliphatic rings. The molecule has 2 fully saturated rings. The Morgan fingerprint density at radius 1 is 1.03 bits per heavy atom. The molecule has 4 rings (SSSR count). The molecular weight excluding hydrogens is 458 g/mol. The van der Waals surface area contributed by atoms with Crippen LogP contribution in [0.5, 0.6) is 0 Å². The zero-order chi connectivity index (χ0) is 21.8. The Bertz CT molecular complexity index is 942. The number of benzene rings is 2. The Morgan fingerprint density at radius 2 is 1.77 bits per heavy atom. The highest BCUT2D eigenvalue weighted by Crippen LogP contribution is 2.30. The van der Waals surface area contributed by atoms with Crippen LogP contribution < -0.4 is 10.2 Å². The van der Waals surface area contributed by atoms with E-state index in [1.807, 2.05) is 6.07 Å². The van der Waals surface area contributed by atoms with Crippen molar-refractivity contribution in [3.05, 3.63) is 58.1 Å². The zero-order valence-corrected chi connectivity index (χ0v) is 19.1. The second-order valence-corrected chi connectivity index (χ2v) is 9.38. The summed E-state index contributed by atoms with van der Waals surface area (Å²) in [4.78, 5) is 29.3. The molecular formula is C24H28BrN3O3. The molecule has 0 radical (unpaired) electrons. The Kier molecular flexibility index (Phi) is 6.92. The van der Waals surface area contributed by atoms with Gasteiger partial charge >= 0.3 is 5.97 Å². The quantitative estimate of drug-likeness (QED) is 0.619. The lowest BCUT2D eigenvalue weighted by Gasteiger charge is -2.36. The summed E-state index contributed by atoms with van der Waals surface area (Å²) in [5.74, 6) is -0.679. The fraction of sp³-hybridized carbons (Fsp3) is 0.417. The number of aromatic carboxylic acids is 1. The molecule has 1 amide bonds. The highest BCUT2D eigenvalue weighted by atomic mass is 79.9. The summed E-state index contributed by atoms with van der Waals surface area (Å²) in [7, 11) is 0. The van der Waals surface area contributed by atoms with Gasteiger partial charge in [0.2, 0.25) is 0 Å². The minimum absolute atomic E-state index is 0.232. The van der Waals surface area contributed by atoms with Crippen molar-refractivity contribution >= 4 is 39.2 Å². The van der Waals surface area contributed by atoms with Crippen molar-refractivity contribution in [3.63, 3.8) is 0 Å². The molecule has 2 N–H and O–H groups in total. The van der Waals surface area contributed by atoms with Crippen molar-refractivity contribution in [2.24, 2.45) is 5.92 Å². The van der Waals surface area contributed by atoms with Crippen LogP contribution in [-0.4, -0.2) is 54.6 Å². The number of carboxylic acid groups (broad SMARTS) is 1. The van der Waals surface area contributed by atoms with Crippen LogP contribution in [0, 0.1) is 5.92 Å². The van der Waals surface area contributed by atoms with Crippen LogP contribution in [0.3, 0.4) is 0 Å². The number of likely N-dealkylation sites (tertiary alicyclic amines) is 1. The van der Waals surface area contributed by atoms with E-state index in [4.69, 9.17) is 0 Å². The number of rotatable bonds is 6. The van der Waals surface area contributed by atoms with Gasteiger partial charge in [0.05, 0.1) is 11.3 Å². The standard InChI is InChI=1S/C24H28BrN3O3/c25-19-7-5-18(6-8-19)23(29)26-20-9-10-22(21(14-20)24(30)31)28-13-3-4-17(16-28)15-27-11-1-2-12-27/h5-10,14,17H,1-4,11-13,15-16H2,(H,26,29)(H,30,31). The zero-order valence-electron chi connectivity index (χ0n) is 17.5. The van der Waals surface area contributed by atoms with Crippen LogP contribution in [-0.2, 0) is 0 Å². The first-order valence-corrected chi connectivity index (χ1v) is 11.7. The van der Waals surface area contributed by atoms with Crippen LogP contribution in [0.2, 0.25) is 0 Å². The lowest BCUT2D eigenvalue weighted by atomic mass is 9.96. The molecule has 2 aliphatic heterocycles. The molecule has 0 spiro atoms. The topological polar surface area (TPSA) is 72.9 Å². The van der Waals surface area contributed by atoms with E-state index in [2.05, 4.69) is 31.0 Å². The number of hydrogen-bond acceptors (Lipinski definition) is 4. The maximum absolute atomic E-state index is 12.5. The first kappa shape index (κ1) is 21.8. The molecule has 2 aromatic rings. The summed E-state index contributed by atoms with van der Waals surface area (Å²) in [6.07, 6.45) is 4.83. The highest BCUT2D eigenvalue weighted by Gasteiger charge is 2.26. The Labute approximate surface area is 191 Å². The molecule has 2 saturated heterocycles. The van der Waals surface area contributed by atoms with Crippen molar-refractivity contribution < 1.29 is 14.7 Å². The number of amides is 1. The number of nitrogens with one attached hydrogen (secondary N) is 1. The van der Waals surface area contributed by atoms with E-state index >= 15 is 0 Å². The van der Waals surface area contributed by atoms with Gasteiger partial charge in [-0.1, -0.05) is 15.9 Å². The molecule has 164 valence electrons.